The van der Waals surface area contributed by atoms with E-state index in [4.69, 9.17) is 18.0 Å². The maximum Gasteiger partial charge on any atom is 0.319 e. The molecule has 0 bridgehead atoms. The highest BCUT2D eigenvalue weighted by atomic mass is 35.5. The fraction of sp³-hybridized carbons (Fsp3) is 0.318. The van der Waals surface area contributed by atoms with E-state index in [0.717, 1.165) is 11.8 Å². The molecule has 160 valence electrons. The quantitative estimate of drug-likeness (QED) is 0.575. The van der Waals surface area contributed by atoms with Crippen molar-refractivity contribution in [3.8, 4) is 12.3 Å². The molecule has 2 rings (SSSR count). The number of anilines is 2. The van der Waals surface area contributed by atoms with Gasteiger partial charge in [0.05, 0.1) is 28.2 Å². The van der Waals surface area contributed by atoms with Crippen molar-refractivity contribution in [2.75, 3.05) is 22.8 Å². The molecule has 0 heterocycles. The van der Waals surface area contributed by atoms with Crippen LogP contribution < -0.4 is 15.4 Å². The van der Waals surface area contributed by atoms with E-state index < -0.39 is 16.1 Å². The Morgan fingerprint density at radius 1 is 1.13 bits per heavy atom. The largest absolute Gasteiger partial charge is 0.338 e. The maximum atomic E-state index is 12.2. The van der Waals surface area contributed by atoms with Crippen molar-refractivity contribution >= 4 is 39.0 Å². The standard InChI is InChI=1S/C22H26ClN3O3S/c1-6-16-13-20(18(23)14-19(16)26-30(5,28)29)25-21(27)24-12-11-15-7-9-17(10-8-15)22(2,3)4/h1,7-10,13-14,26H,11-12H2,2-5H3,(H2,24,25,27). The molecule has 0 aromatic heterocycles. The molecule has 0 saturated heterocycles. The Balaban J connectivity index is 1.97. The van der Waals surface area contributed by atoms with Crippen LogP contribution in [0.4, 0.5) is 16.2 Å². The second-order valence-electron chi connectivity index (χ2n) is 7.97. The molecule has 2 amide bonds. The highest BCUT2D eigenvalue weighted by Gasteiger charge is 2.14. The van der Waals surface area contributed by atoms with Gasteiger partial charge >= 0.3 is 6.03 Å². The second-order valence-corrected chi connectivity index (χ2v) is 10.1. The van der Waals surface area contributed by atoms with Crippen LogP contribution in [0.2, 0.25) is 5.02 Å². The number of amides is 2. The fourth-order valence-corrected chi connectivity index (χ4v) is 3.51. The van der Waals surface area contributed by atoms with Crippen molar-refractivity contribution in [1.29, 1.82) is 0 Å². The molecule has 0 aliphatic heterocycles. The van der Waals surface area contributed by atoms with E-state index in [1.165, 1.54) is 17.7 Å². The summed E-state index contributed by atoms with van der Waals surface area (Å²) in [6, 6.07) is 10.7. The number of urea groups is 1. The van der Waals surface area contributed by atoms with Gasteiger partial charge in [0.15, 0.2) is 0 Å². The highest BCUT2D eigenvalue weighted by molar-refractivity contribution is 7.92. The number of hydrogen-bond donors (Lipinski definition) is 3. The summed E-state index contributed by atoms with van der Waals surface area (Å²) in [5, 5.41) is 5.57. The van der Waals surface area contributed by atoms with Gasteiger partial charge in [0, 0.05) is 6.54 Å². The number of nitrogens with one attached hydrogen (secondary N) is 3. The van der Waals surface area contributed by atoms with Crippen LogP contribution in [0, 0.1) is 12.3 Å². The smallest absolute Gasteiger partial charge is 0.319 e. The molecule has 2 aromatic rings. The first-order chi connectivity index (χ1) is 13.9. The molecule has 30 heavy (non-hydrogen) atoms. The van der Waals surface area contributed by atoms with Crippen LogP contribution in [0.1, 0.15) is 37.5 Å². The van der Waals surface area contributed by atoms with E-state index in [9.17, 15) is 13.2 Å². The van der Waals surface area contributed by atoms with Crippen LogP contribution in [0.15, 0.2) is 36.4 Å². The van der Waals surface area contributed by atoms with Crippen LogP contribution in [0.3, 0.4) is 0 Å². The van der Waals surface area contributed by atoms with Gasteiger partial charge in [-0.2, -0.15) is 0 Å². The lowest BCUT2D eigenvalue weighted by atomic mass is 9.86. The fourth-order valence-electron chi connectivity index (χ4n) is 2.73. The van der Waals surface area contributed by atoms with Gasteiger partial charge in [-0.15, -0.1) is 6.42 Å². The summed E-state index contributed by atoms with van der Waals surface area (Å²) < 4.78 is 25.2. The zero-order valence-corrected chi connectivity index (χ0v) is 19.0. The predicted octanol–water partition coefficient (Wildman–Crippen LogP) is 4.35. The summed E-state index contributed by atoms with van der Waals surface area (Å²) in [6.45, 7) is 6.92. The minimum Gasteiger partial charge on any atom is -0.338 e. The third kappa shape index (κ3) is 6.97. The first-order valence-corrected chi connectivity index (χ1v) is 11.6. The summed E-state index contributed by atoms with van der Waals surface area (Å²) in [5.41, 5.74) is 3.20. The van der Waals surface area contributed by atoms with Crippen LogP contribution in [0.25, 0.3) is 0 Å². The van der Waals surface area contributed by atoms with E-state index >= 15 is 0 Å². The molecule has 0 saturated carbocycles. The van der Waals surface area contributed by atoms with Crippen LogP contribution in [-0.2, 0) is 21.9 Å². The number of carbonyl (C=O) groups excluding carboxylic acids is 1. The Labute approximate surface area is 183 Å². The molecule has 0 fully saturated rings. The Hall–Kier alpha value is -2.69. The van der Waals surface area contributed by atoms with Gasteiger partial charge in [-0.05, 0) is 35.1 Å². The highest BCUT2D eigenvalue weighted by Crippen LogP contribution is 2.29. The zero-order valence-electron chi connectivity index (χ0n) is 17.5. The van der Waals surface area contributed by atoms with Crippen molar-refractivity contribution < 1.29 is 13.2 Å². The van der Waals surface area contributed by atoms with Gasteiger partial charge in [0.1, 0.15) is 0 Å². The van der Waals surface area contributed by atoms with Gasteiger partial charge in [-0.25, -0.2) is 13.2 Å². The summed E-state index contributed by atoms with van der Waals surface area (Å²) in [4.78, 5) is 12.2. The van der Waals surface area contributed by atoms with E-state index in [0.29, 0.717) is 13.0 Å². The Morgan fingerprint density at radius 2 is 1.77 bits per heavy atom. The van der Waals surface area contributed by atoms with Gasteiger partial charge in [-0.1, -0.05) is 62.6 Å². The Bertz CT molecular complexity index is 1070. The number of rotatable bonds is 6. The predicted molar refractivity (Wildman–Crippen MR) is 124 cm³/mol. The van der Waals surface area contributed by atoms with Crippen molar-refractivity contribution in [1.82, 2.24) is 5.32 Å². The van der Waals surface area contributed by atoms with Crippen LogP contribution >= 0.6 is 11.6 Å². The molecule has 0 radical (unpaired) electrons. The number of carbonyl (C=O) groups is 1. The average molecular weight is 448 g/mol. The van der Waals surface area contributed by atoms with Gasteiger partial charge in [-0.3, -0.25) is 4.72 Å². The number of terminal acetylenes is 1. The first kappa shape index (κ1) is 23.6. The van der Waals surface area contributed by atoms with E-state index in [-0.39, 0.29) is 27.4 Å². The third-order valence-corrected chi connectivity index (χ3v) is 5.23. The lowest BCUT2D eigenvalue weighted by Gasteiger charge is -2.19. The maximum absolute atomic E-state index is 12.2. The molecule has 6 nitrogen and oxygen atoms in total. The summed E-state index contributed by atoms with van der Waals surface area (Å²) in [5.74, 6) is 2.38. The summed E-state index contributed by atoms with van der Waals surface area (Å²) in [6.07, 6.45) is 7.14. The SMILES string of the molecule is C#Cc1cc(NC(=O)NCCc2ccc(C(C)(C)C)cc2)c(Cl)cc1NS(C)(=O)=O. The Morgan fingerprint density at radius 3 is 2.30 bits per heavy atom. The van der Waals surface area contributed by atoms with E-state index in [2.05, 4.69) is 66.3 Å². The number of halogens is 1. The molecule has 3 N–H and O–H groups in total. The van der Waals surface area contributed by atoms with Gasteiger partial charge in [0.25, 0.3) is 0 Å². The minimum absolute atomic E-state index is 0.0968. The zero-order chi connectivity index (χ0) is 22.5. The summed E-state index contributed by atoms with van der Waals surface area (Å²) >= 11 is 6.17. The molecule has 0 spiro atoms. The number of hydrogen-bond acceptors (Lipinski definition) is 3. The molecule has 0 atom stereocenters. The number of sulfonamides is 1. The lowest BCUT2D eigenvalue weighted by Crippen LogP contribution is -2.30. The van der Waals surface area contributed by atoms with Gasteiger partial charge < -0.3 is 10.6 Å². The summed E-state index contributed by atoms with van der Waals surface area (Å²) in [7, 11) is -3.52. The average Bonchev–Trinajstić information content (AvgIpc) is 2.62. The van der Waals surface area contributed by atoms with Crippen LogP contribution in [0.5, 0.6) is 0 Å². The van der Waals surface area contributed by atoms with Crippen molar-refractivity contribution in [2.24, 2.45) is 0 Å². The molecular formula is C22H26ClN3O3S. The van der Waals surface area contributed by atoms with Crippen molar-refractivity contribution in [3.63, 3.8) is 0 Å². The van der Waals surface area contributed by atoms with Crippen LogP contribution in [-0.4, -0.2) is 27.2 Å². The normalized spacial score (nSPS) is 11.5. The number of benzene rings is 2. The second kappa shape index (κ2) is 9.41. The minimum atomic E-state index is -3.52. The monoisotopic (exact) mass is 447 g/mol. The molecule has 2 aromatic carbocycles. The lowest BCUT2D eigenvalue weighted by molar-refractivity contribution is 0.252. The Kier molecular flexibility index (Phi) is 7.40. The van der Waals surface area contributed by atoms with Crippen molar-refractivity contribution in [2.45, 2.75) is 32.6 Å². The van der Waals surface area contributed by atoms with E-state index in [1.54, 1.807) is 0 Å². The molecule has 0 unspecified atom stereocenters. The topological polar surface area (TPSA) is 87.3 Å². The molecule has 8 heteroatoms. The first-order valence-electron chi connectivity index (χ1n) is 9.31. The van der Waals surface area contributed by atoms with Gasteiger partial charge in [0.2, 0.25) is 10.0 Å². The molecule has 0 aliphatic rings. The van der Waals surface area contributed by atoms with E-state index in [1.807, 2.05) is 0 Å². The third-order valence-electron chi connectivity index (χ3n) is 4.33. The molecular weight excluding hydrogens is 422 g/mol. The van der Waals surface area contributed by atoms with Crippen molar-refractivity contribution in [3.05, 3.63) is 58.1 Å². The molecule has 0 aliphatic carbocycles.